The van der Waals surface area contributed by atoms with Crippen LogP contribution < -0.4 is 0 Å². The number of fused-ring (bicyclic) bond motifs is 11. The Morgan fingerprint density at radius 2 is 0.911 bits per heavy atom. The van der Waals surface area contributed by atoms with E-state index >= 15 is 0 Å². The minimum absolute atomic E-state index is 0.646. The highest BCUT2D eigenvalue weighted by Crippen LogP contribution is 2.45. The van der Waals surface area contributed by atoms with E-state index in [0.29, 0.717) is 17.5 Å². The Morgan fingerprint density at radius 1 is 0.357 bits per heavy atom. The van der Waals surface area contributed by atoms with Crippen LogP contribution in [0.1, 0.15) is 0 Å². The van der Waals surface area contributed by atoms with Crippen molar-refractivity contribution in [1.29, 1.82) is 0 Å². The minimum atomic E-state index is 0.646. The van der Waals surface area contributed by atoms with Crippen LogP contribution in [0.2, 0.25) is 0 Å². The second kappa shape index (κ2) is 12.2. The highest BCUT2D eigenvalue weighted by atomic mass is 32.1. The molecule has 12 rings (SSSR count). The first-order chi connectivity index (χ1) is 27.7. The summed E-state index contributed by atoms with van der Waals surface area (Å²) in [6, 6.07) is 65.1. The molecule has 0 amide bonds. The maximum Gasteiger partial charge on any atom is 0.165 e. The average Bonchev–Trinajstić information content (AvgIpc) is 3.82. The number of aromatic nitrogens is 4. The Morgan fingerprint density at radius 3 is 1.62 bits per heavy atom. The molecule has 260 valence electrons. The highest BCUT2D eigenvalue weighted by Gasteiger charge is 2.22. The van der Waals surface area contributed by atoms with Gasteiger partial charge >= 0.3 is 0 Å². The van der Waals surface area contributed by atoms with Crippen molar-refractivity contribution in [2.75, 3.05) is 0 Å². The van der Waals surface area contributed by atoms with Crippen LogP contribution in [-0.4, -0.2) is 19.5 Å². The van der Waals surface area contributed by atoms with Gasteiger partial charge < -0.3 is 4.57 Å². The molecule has 4 nitrogen and oxygen atoms in total. The zero-order valence-electron chi connectivity index (χ0n) is 30.0. The standard InChI is InChI=1S/C51H30N4S/c1-2-15-34(16-3-1)49-52-50(36-23-22-31-12-4-5-17-35(31)28-36)54-51(53-49)44-30-37(29-43-40-20-10-11-21-45(40)56-48(43)44)55-46-38-18-8-6-13-32(38)24-26-41(46)42-27-25-33-14-7-9-19-39(33)47(42)55/h1-30H. The summed E-state index contributed by atoms with van der Waals surface area (Å²) < 4.78 is 4.88. The molecular formula is C51H30N4S. The SMILES string of the molecule is c1ccc(-c2nc(-c3ccc4ccccc4c3)nc(-c3cc(-n4c5c6ccccc6ccc5c5ccc6ccccc6c54)cc4c3sc3ccccc34)n2)cc1. The molecule has 12 aromatic rings. The average molecular weight is 731 g/mol. The quantitative estimate of drug-likeness (QED) is 0.181. The lowest BCUT2D eigenvalue weighted by Gasteiger charge is -2.15. The third-order valence-electron chi connectivity index (χ3n) is 11.2. The van der Waals surface area contributed by atoms with E-state index in [1.165, 1.54) is 64.2 Å². The van der Waals surface area contributed by atoms with Gasteiger partial charge in [-0.05, 0) is 45.8 Å². The maximum atomic E-state index is 5.35. The van der Waals surface area contributed by atoms with Gasteiger partial charge in [0, 0.05) is 64.1 Å². The summed E-state index contributed by atoms with van der Waals surface area (Å²) in [7, 11) is 0. The van der Waals surface area contributed by atoms with Crippen LogP contribution in [0, 0.1) is 0 Å². The molecule has 9 aromatic carbocycles. The number of thiophene rings is 1. The summed E-state index contributed by atoms with van der Waals surface area (Å²) in [4.78, 5) is 15.8. The smallest absolute Gasteiger partial charge is 0.165 e. The van der Waals surface area contributed by atoms with Crippen molar-refractivity contribution in [3.8, 4) is 39.9 Å². The summed E-state index contributed by atoms with van der Waals surface area (Å²) in [6.45, 7) is 0. The summed E-state index contributed by atoms with van der Waals surface area (Å²) in [5.41, 5.74) is 6.33. The summed E-state index contributed by atoms with van der Waals surface area (Å²) in [5, 5.41) is 12.0. The van der Waals surface area contributed by atoms with Crippen LogP contribution in [0.4, 0.5) is 0 Å². The van der Waals surface area contributed by atoms with Crippen molar-refractivity contribution in [3.05, 3.63) is 182 Å². The number of hydrogen-bond acceptors (Lipinski definition) is 4. The highest BCUT2D eigenvalue weighted by molar-refractivity contribution is 7.26. The summed E-state index contributed by atoms with van der Waals surface area (Å²) >= 11 is 1.80. The first kappa shape index (κ1) is 31.2. The van der Waals surface area contributed by atoms with Crippen LogP contribution in [0.25, 0.3) is 114 Å². The molecule has 0 radical (unpaired) electrons. The molecular weight excluding hydrogens is 701 g/mol. The Hall–Kier alpha value is -7.21. The number of rotatable bonds is 4. The Kier molecular flexibility index (Phi) is 6.76. The lowest BCUT2D eigenvalue weighted by atomic mass is 10.0. The van der Waals surface area contributed by atoms with Gasteiger partial charge in [0.25, 0.3) is 0 Å². The molecule has 0 bridgehead atoms. The molecule has 0 aliphatic heterocycles. The van der Waals surface area contributed by atoms with Gasteiger partial charge in [-0.15, -0.1) is 11.3 Å². The van der Waals surface area contributed by atoms with Gasteiger partial charge in [0.15, 0.2) is 17.5 Å². The Labute approximate surface area is 325 Å². The van der Waals surface area contributed by atoms with Gasteiger partial charge in [-0.3, -0.25) is 0 Å². The third kappa shape index (κ3) is 4.75. The van der Waals surface area contributed by atoms with Crippen molar-refractivity contribution in [2.45, 2.75) is 0 Å². The van der Waals surface area contributed by atoms with Crippen LogP contribution in [0.5, 0.6) is 0 Å². The lowest BCUT2D eigenvalue weighted by Crippen LogP contribution is -2.01. The van der Waals surface area contributed by atoms with E-state index in [1.807, 2.05) is 18.2 Å². The summed E-state index contributed by atoms with van der Waals surface area (Å²) in [6.07, 6.45) is 0. The lowest BCUT2D eigenvalue weighted by molar-refractivity contribution is 1.08. The second-order valence-corrected chi connectivity index (χ2v) is 15.5. The first-order valence-corrected chi connectivity index (χ1v) is 19.7. The van der Waals surface area contributed by atoms with Gasteiger partial charge in [0.05, 0.1) is 11.0 Å². The molecule has 3 aromatic heterocycles. The zero-order valence-corrected chi connectivity index (χ0v) is 30.8. The fourth-order valence-corrected chi connectivity index (χ4v) is 9.77. The monoisotopic (exact) mass is 730 g/mol. The molecule has 0 saturated heterocycles. The van der Waals surface area contributed by atoms with Crippen LogP contribution in [0.15, 0.2) is 182 Å². The van der Waals surface area contributed by atoms with Crippen molar-refractivity contribution >= 4 is 85.6 Å². The largest absolute Gasteiger partial charge is 0.308 e. The fraction of sp³-hybridized carbons (Fsp3) is 0. The van der Waals surface area contributed by atoms with Crippen molar-refractivity contribution in [3.63, 3.8) is 0 Å². The molecule has 56 heavy (non-hydrogen) atoms. The van der Waals surface area contributed by atoms with E-state index in [0.717, 1.165) is 32.5 Å². The minimum Gasteiger partial charge on any atom is -0.308 e. The molecule has 3 heterocycles. The fourth-order valence-electron chi connectivity index (χ4n) is 8.57. The van der Waals surface area contributed by atoms with Crippen molar-refractivity contribution in [2.24, 2.45) is 0 Å². The maximum absolute atomic E-state index is 5.35. The van der Waals surface area contributed by atoms with Gasteiger partial charge in [-0.1, -0.05) is 158 Å². The van der Waals surface area contributed by atoms with E-state index in [1.54, 1.807) is 11.3 Å². The topological polar surface area (TPSA) is 43.6 Å². The Bertz CT molecular complexity index is 3450. The van der Waals surface area contributed by atoms with E-state index in [-0.39, 0.29) is 0 Å². The molecule has 0 atom stereocenters. The van der Waals surface area contributed by atoms with Crippen LogP contribution in [0.3, 0.4) is 0 Å². The van der Waals surface area contributed by atoms with E-state index in [4.69, 9.17) is 15.0 Å². The van der Waals surface area contributed by atoms with Crippen molar-refractivity contribution < 1.29 is 0 Å². The predicted octanol–water partition coefficient (Wildman–Crippen LogP) is 13.8. The van der Waals surface area contributed by atoms with Crippen molar-refractivity contribution in [1.82, 2.24) is 19.5 Å². The molecule has 0 saturated carbocycles. The Balaban J connectivity index is 1.22. The molecule has 0 aliphatic carbocycles. The van der Waals surface area contributed by atoms with E-state index in [9.17, 15) is 0 Å². The molecule has 0 N–H and O–H groups in total. The van der Waals surface area contributed by atoms with Gasteiger partial charge in [-0.25, -0.2) is 15.0 Å². The first-order valence-electron chi connectivity index (χ1n) is 18.9. The normalized spacial score (nSPS) is 11.9. The molecule has 0 unspecified atom stereocenters. The zero-order chi connectivity index (χ0) is 36.7. The van der Waals surface area contributed by atoms with Crippen LogP contribution in [-0.2, 0) is 0 Å². The number of nitrogens with zero attached hydrogens (tertiary/aromatic N) is 4. The molecule has 0 spiro atoms. The molecule has 0 fully saturated rings. The molecule has 0 aliphatic rings. The van der Waals surface area contributed by atoms with Gasteiger partial charge in [-0.2, -0.15) is 0 Å². The van der Waals surface area contributed by atoms with Gasteiger partial charge in [0.2, 0.25) is 0 Å². The van der Waals surface area contributed by atoms with E-state index < -0.39 is 0 Å². The molecule has 5 heteroatoms. The number of hydrogen-bond donors (Lipinski definition) is 0. The predicted molar refractivity (Wildman–Crippen MR) is 236 cm³/mol. The van der Waals surface area contributed by atoms with Crippen LogP contribution >= 0.6 is 11.3 Å². The number of benzene rings is 9. The third-order valence-corrected chi connectivity index (χ3v) is 12.4. The summed E-state index contributed by atoms with van der Waals surface area (Å²) in [5.74, 6) is 1.94. The second-order valence-electron chi connectivity index (χ2n) is 14.4. The van der Waals surface area contributed by atoms with E-state index in [2.05, 4.69) is 168 Å². The van der Waals surface area contributed by atoms with Gasteiger partial charge in [0.1, 0.15) is 0 Å².